The molecule has 0 fully saturated rings. The average molecular weight is 552 g/mol. The minimum atomic E-state index is -2.48. The van der Waals surface area contributed by atoms with E-state index in [-0.39, 0.29) is 12.4 Å². The van der Waals surface area contributed by atoms with Crippen LogP contribution in [0.2, 0.25) is 0 Å². The Morgan fingerprint density at radius 1 is 1.23 bits per heavy atom. The Balaban J connectivity index is 1.42. The fourth-order valence-corrected chi connectivity index (χ4v) is 4.56. The number of nitrogens with zero attached hydrogens (tertiary/aromatic N) is 7. The topological polar surface area (TPSA) is 127 Å². The van der Waals surface area contributed by atoms with Crippen LogP contribution in [0.5, 0.6) is 0 Å². The SMILES string of the molecule is Cn1cc(Nc2nccc(-c3ccc4c(c3)CN(CC(F)F)CCC4NC(=O)c3nnc(C(C)(C)C)o3)n2)cn1. The monoisotopic (exact) mass is 551 g/mol. The van der Waals surface area contributed by atoms with Crippen molar-refractivity contribution in [1.29, 1.82) is 0 Å². The minimum Gasteiger partial charge on any atom is -0.416 e. The van der Waals surface area contributed by atoms with Gasteiger partial charge in [0.05, 0.1) is 30.2 Å². The first-order valence-corrected chi connectivity index (χ1v) is 12.9. The number of nitrogens with one attached hydrogen (secondary N) is 2. The third kappa shape index (κ3) is 6.30. The number of fused-ring (bicyclic) bond motifs is 1. The molecule has 2 N–H and O–H groups in total. The number of anilines is 2. The van der Waals surface area contributed by atoms with Crippen LogP contribution in [0, 0.1) is 0 Å². The Bertz CT molecular complexity index is 1500. The van der Waals surface area contributed by atoms with Crippen molar-refractivity contribution in [2.75, 3.05) is 18.4 Å². The van der Waals surface area contributed by atoms with E-state index in [0.717, 1.165) is 22.4 Å². The summed E-state index contributed by atoms with van der Waals surface area (Å²) in [6, 6.07) is 7.09. The maximum atomic E-state index is 13.4. The summed E-state index contributed by atoms with van der Waals surface area (Å²) in [4.78, 5) is 23.6. The summed E-state index contributed by atoms with van der Waals surface area (Å²) in [6.07, 6.45) is 3.09. The molecule has 13 heteroatoms. The number of aryl methyl sites for hydroxylation is 1. The third-order valence-electron chi connectivity index (χ3n) is 6.52. The quantitative estimate of drug-likeness (QED) is 0.347. The highest BCUT2D eigenvalue weighted by Gasteiger charge is 2.29. The number of aromatic nitrogens is 6. The van der Waals surface area contributed by atoms with E-state index >= 15 is 0 Å². The fourth-order valence-electron chi connectivity index (χ4n) is 4.56. The summed E-state index contributed by atoms with van der Waals surface area (Å²) in [5.41, 5.74) is 3.47. The van der Waals surface area contributed by atoms with Crippen LogP contribution in [-0.2, 0) is 19.0 Å². The van der Waals surface area contributed by atoms with Crippen molar-refractivity contribution in [1.82, 2.24) is 40.2 Å². The van der Waals surface area contributed by atoms with Crippen LogP contribution < -0.4 is 10.6 Å². The molecule has 1 aliphatic rings. The molecule has 3 aromatic heterocycles. The van der Waals surface area contributed by atoms with Crippen LogP contribution in [-0.4, -0.2) is 60.3 Å². The van der Waals surface area contributed by atoms with Gasteiger partial charge in [0.1, 0.15) is 0 Å². The normalized spacial score (nSPS) is 16.0. The molecule has 40 heavy (non-hydrogen) atoms. The highest BCUT2D eigenvalue weighted by Crippen LogP contribution is 2.31. The number of benzene rings is 1. The van der Waals surface area contributed by atoms with Gasteiger partial charge in [-0.05, 0) is 29.7 Å². The van der Waals surface area contributed by atoms with Crippen molar-refractivity contribution in [3.05, 3.63) is 65.8 Å². The number of amides is 1. The van der Waals surface area contributed by atoms with E-state index in [1.807, 2.05) is 52.2 Å². The van der Waals surface area contributed by atoms with E-state index in [9.17, 15) is 13.6 Å². The lowest BCUT2D eigenvalue weighted by atomic mass is 9.96. The Hall–Kier alpha value is -4.26. The number of carbonyl (C=O) groups excluding carboxylic acids is 1. The lowest BCUT2D eigenvalue weighted by molar-refractivity contribution is 0.0819. The molecule has 0 bridgehead atoms. The highest BCUT2D eigenvalue weighted by molar-refractivity contribution is 5.89. The molecule has 0 radical (unpaired) electrons. The maximum Gasteiger partial charge on any atom is 0.309 e. The Labute approximate surface area is 230 Å². The molecule has 4 heterocycles. The molecule has 1 aromatic carbocycles. The van der Waals surface area contributed by atoms with Crippen molar-refractivity contribution < 1.29 is 18.0 Å². The Morgan fingerprint density at radius 3 is 2.75 bits per heavy atom. The second-order valence-corrected chi connectivity index (χ2v) is 10.8. The number of hydrogen-bond donors (Lipinski definition) is 2. The summed E-state index contributed by atoms with van der Waals surface area (Å²) in [6.45, 7) is 6.05. The van der Waals surface area contributed by atoms with Gasteiger partial charge in [0.15, 0.2) is 0 Å². The van der Waals surface area contributed by atoms with E-state index < -0.39 is 23.8 Å². The standard InChI is InChI=1S/C27H31F2N9O2/c1-27(2,3)25-36-35-24(40-25)23(39)33-21-8-10-38(15-22(28)29)13-17-11-16(5-6-19(17)21)20-7-9-30-26(34-20)32-18-12-31-37(4)14-18/h5-7,9,11-12,14,21-22H,8,10,13,15H2,1-4H3,(H,33,39)(H,30,32,34). The van der Waals surface area contributed by atoms with Crippen LogP contribution in [0.1, 0.15) is 60.9 Å². The molecule has 0 aliphatic carbocycles. The Morgan fingerprint density at radius 2 is 2.05 bits per heavy atom. The van der Waals surface area contributed by atoms with Crippen LogP contribution in [0.25, 0.3) is 11.3 Å². The molecule has 1 unspecified atom stereocenters. The van der Waals surface area contributed by atoms with Gasteiger partial charge in [0, 0.05) is 43.5 Å². The predicted octanol–water partition coefficient (Wildman–Crippen LogP) is 4.24. The molecule has 1 atom stereocenters. The van der Waals surface area contributed by atoms with Crippen molar-refractivity contribution in [2.45, 2.75) is 51.6 Å². The summed E-state index contributed by atoms with van der Waals surface area (Å²) in [5.74, 6) is 0.117. The second kappa shape index (κ2) is 11.1. The maximum absolute atomic E-state index is 13.4. The van der Waals surface area contributed by atoms with Crippen molar-refractivity contribution in [3.8, 4) is 11.3 Å². The van der Waals surface area contributed by atoms with Gasteiger partial charge in [-0.15, -0.1) is 10.2 Å². The highest BCUT2D eigenvalue weighted by atomic mass is 19.3. The van der Waals surface area contributed by atoms with Gasteiger partial charge in [-0.1, -0.05) is 32.9 Å². The lowest BCUT2D eigenvalue weighted by Gasteiger charge is -2.20. The molecule has 4 aromatic rings. The van der Waals surface area contributed by atoms with Crippen LogP contribution >= 0.6 is 0 Å². The van der Waals surface area contributed by atoms with Gasteiger partial charge in [0.25, 0.3) is 6.43 Å². The Kier molecular flexibility index (Phi) is 7.57. The van der Waals surface area contributed by atoms with Gasteiger partial charge in [-0.2, -0.15) is 5.10 Å². The smallest absolute Gasteiger partial charge is 0.309 e. The molecule has 0 saturated carbocycles. The molecular formula is C27H31F2N9O2. The van der Waals surface area contributed by atoms with Crippen LogP contribution in [0.3, 0.4) is 0 Å². The molecule has 210 valence electrons. The lowest BCUT2D eigenvalue weighted by Crippen LogP contribution is -2.31. The minimum absolute atomic E-state index is 0.133. The van der Waals surface area contributed by atoms with Crippen molar-refractivity contribution >= 4 is 17.5 Å². The van der Waals surface area contributed by atoms with Crippen LogP contribution in [0.4, 0.5) is 20.4 Å². The van der Waals surface area contributed by atoms with Crippen molar-refractivity contribution in [2.24, 2.45) is 7.05 Å². The first-order valence-electron chi connectivity index (χ1n) is 12.9. The first-order chi connectivity index (χ1) is 19.0. The van der Waals surface area contributed by atoms with E-state index in [1.54, 1.807) is 28.0 Å². The van der Waals surface area contributed by atoms with E-state index in [0.29, 0.717) is 37.0 Å². The first kappa shape index (κ1) is 27.3. The molecule has 1 amide bonds. The predicted molar refractivity (Wildman–Crippen MR) is 143 cm³/mol. The van der Waals surface area contributed by atoms with Gasteiger partial charge >= 0.3 is 11.8 Å². The molecule has 0 saturated heterocycles. The number of alkyl halides is 2. The van der Waals surface area contributed by atoms with E-state index in [1.165, 1.54) is 0 Å². The van der Waals surface area contributed by atoms with Crippen LogP contribution in [0.15, 0.2) is 47.3 Å². The zero-order valence-electron chi connectivity index (χ0n) is 22.7. The third-order valence-corrected chi connectivity index (χ3v) is 6.52. The summed E-state index contributed by atoms with van der Waals surface area (Å²) >= 11 is 0. The average Bonchev–Trinajstić information content (AvgIpc) is 3.52. The fraction of sp³-hybridized carbons (Fsp3) is 0.407. The zero-order valence-corrected chi connectivity index (χ0v) is 22.7. The zero-order chi connectivity index (χ0) is 28.4. The van der Waals surface area contributed by atoms with Gasteiger partial charge < -0.3 is 15.1 Å². The van der Waals surface area contributed by atoms with Gasteiger partial charge in [-0.3, -0.25) is 14.4 Å². The summed E-state index contributed by atoms with van der Waals surface area (Å²) in [5, 5.41) is 18.1. The summed E-state index contributed by atoms with van der Waals surface area (Å²) in [7, 11) is 1.82. The molecule has 5 rings (SSSR count). The number of rotatable bonds is 7. The van der Waals surface area contributed by atoms with Crippen molar-refractivity contribution in [3.63, 3.8) is 0 Å². The second-order valence-electron chi connectivity index (χ2n) is 10.8. The number of halogens is 2. The van der Waals surface area contributed by atoms with Gasteiger partial charge in [-0.25, -0.2) is 18.7 Å². The number of hydrogen-bond acceptors (Lipinski definition) is 9. The molecule has 11 nitrogen and oxygen atoms in total. The summed E-state index contributed by atoms with van der Waals surface area (Å²) < 4.78 is 34.0. The molecule has 0 spiro atoms. The molecular weight excluding hydrogens is 520 g/mol. The number of carbonyl (C=O) groups is 1. The van der Waals surface area contributed by atoms with Gasteiger partial charge in [0.2, 0.25) is 11.8 Å². The largest absolute Gasteiger partial charge is 0.416 e. The van der Waals surface area contributed by atoms with E-state index in [2.05, 4.69) is 35.9 Å². The molecule has 1 aliphatic heterocycles. The van der Waals surface area contributed by atoms with E-state index in [4.69, 9.17) is 4.42 Å².